The van der Waals surface area contributed by atoms with E-state index >= 15 is 0 Å². The molecule has 0 saturated heterocycles. The molecule has 0 aromatic heterocycles. The van der Waals surface area contributed by atoms with E-state index in [1.807, 2.05) is 26.2 Å². The van der Waals surface area contributed by atoms with Crippen LogP contribution in [0.25, 0.3) is 0 Å². The lowest BCUT2D eigenvalue weighted by Gasteiger charge is -2.28. The molecular weight excluding hydrogens is 296 g/mol. The number of hydrogen-bond acceptors (Lipinski definition) is 3. The molecule has 0 amide bonds. The highest BCUT2D eigenvalue weighted by molar-refractivity contribution is 7.89. The van der Waals surface area contributed by atoms with Gasteiger partial charge in [-0.1, -0.05) is 39.3 Å². The quantitative estimate of drug-likeness (QED) is 0.759. The van der Waals surface area contributed by atoms with Gasteiger partial charge in [-0.3, -0.25) is 0 Å². The molecule has 4 nitrogen and oxygen atoms in total. The molecule has 0 aliphatic rings. The van der Waals surface area contributed by atoms with E-state index in [9.17, 15) is 8.42 Å². The third kappa shape index (κ3) is 6.46. The van der Waals surface area contributed by atoms with Crippen LogP contribution in [0.2, 0.25) is 0 Å². The van der Waals surface area contributed by atoms with Crippen LogP contribution in [-0.4, -0.2) is 40.5 Å². The Morgan fingerprint density at radius 2 is 1.73 bits per heavy atom. The fourth-order valence-electron chi connectivity index (χ4n) is 2.50. The molecule has 5 heteroatoms. The molecule has 1 aromatic carbocycles. The topological polar surface area (TPSA) is 49.4 Å². The van der Waals surface area contributed by atoms with E-state index in [-0.39, 0.29) is 5.41 Å². The Morgan fingerprint density at radius 1 is 1.14 bits per heavy atom. The Kier molecular flexibility index (Phi) is 7.03. The summed E-state index contributed by atoms with van der Waals surface area (Å²) < 4.78 is 27.5. The zero-order valence-electron chi connectivity index (χ0n) is 14.5. The first kappa shape index (κ1) is 19.1. The van der Waals surface area contributed by atoms with Gasteiger partial charge < -0.3 is 4.90 Å². The summed E-state index contributed by atoms with van der Waals surface area (Å²) in [7, 11) is 0.548. The van der Waals surface area contributed by atoms with Crippen LogP contribution in [0.1, 0.15) is 39.2 Å². The first-order valence-electron chi connectivity index (χ1n) is 7.89. The van der Waals surface area contributed by atoms with Gasteiger partial charge in [-0.05, 0) is 50.0 Å². The number of nitrogens with zero attached hydrogens (tertiary/aromatic N) is 1. The van der Waals surface area contributed by atoms with Crippen molar-refractivity contribution in [2.24, 2.45) is 5.41 Å². The van der Waals surface area contributed by atoms with Crippen LogP contribution in [0, 0.1) is 5.41 Å². The Bertz CT molecular complexity index is 549. The number of benzene rings is 1. The molecule has 126 valence electrons. The normalized spacial score (nSPS) is 12.8. The summed E-state index contributed by atoms with van der Waals surface area (Å²) in [6, 6.07) is 7.23. The number of aryl methyl sites for hydroxylation is 1. The van der Waals surface area contributed by atoms with E-state index in [4.69, 9.17) is 0 Å². The van der Waals surface area contributed by atoms with E-state index in [2.05, 4.69) is 30.4 Å². The second-order valence-corrected chi connectivity index (χ2v) is 8.74. The fraction of sp³-hybridized carbons (Fsp3) is 0.647. The molecule has 1 rings (SSSR count). The minimum atomic E-state index is -3.44. The average Bonchev–Trinajstić information content (AvgIpc) is 2.42. The Morgan fingerprint density at radius 3 is 2.23 bits per heavy atom. The highest BCUT2D eigenvalue weighted by Gasteiger charge is 2.23. The van der Waals surface area contributed by atoms with Crippen LogP contribution in [-0.2, 0) is 16.4 Å². The highest BCUT2D eigenvalue weighted by atomic mass is 32.2. The van der Waals surface area contributed by atoms with Gasteiger partial charge in [0.1, 0.15) is 0 Å². The van der Waals surface area contributed by atoms with Gasteiger partial charge in [0.25, 0.3) is 0 Å². The van der Waals surface area contributed by atoms with Crippen molar-refractivity contribution in [3.05, 3.63) is 29.8 Å². The van der Waals surface area contributed by atoms with Crippen LogP contribution < -0.4 is 4.72 Å². The van der Waals surface area contributed by atoms with Crippen molar-refractivity contribution < 1.29 is 8.42 Å². The monoisotopic (exact) mass is 326 g/mol. The standard InChI is InChI=1S/C17H30N2O2S/c1-6-7-8-15-9-11-16(12-10-15)22(20,21)18-13-17(2,3)14-19(4)5/h9-12,18H,6-8,13-14H2,1-5H3. The second kappa shape index (κ2) is 8.09. The molecule has 0 aliphatic carbocycles. The summed E-state index contributed by atoms with van der Waals surface area (Å²) in [6.45, 7) is 7.52. The summed E-state index contributed by atoms with van der Waals surface area (Å²) in [6.07, 6.45) is 3.27. The molecule has 0 bridgehead atoms. The average molecular weight is 327 g/mol. The minimum Gasteiger partial charge on any atom is -0.309 e. The Labute approximate surface area is 136 Å². The van der Waals surface area contributed by atoms with Crippen LogP contribution in [0.3, 0.4) is 0 Å². The van der Waals surface area contributed by atoms with Crippen LogP contribution in [0.4, 0.5) is 0 Å². The van der Waals surface area contributed by atoms with Gasteiger partial charge in [0.05, 0.1) is 4.90 Å². The van der Waals surface area contributed by atoms with E-state index < -0.39 is 10.0 Å². The van der Waals surface area contributed by atoms with Crippen molar-refractivity contribution in [3.8, 4) is 0 Å². The molecule has 0 heterocycles. The number of sulfonamides is 1. The first-order valence-corrected chi connectivity index (χ1v) is 9.38. The maximum atomic E-state index is 12.4. The summed E-state index contributed by atoms with van der Waals surface area (Å²) >= 11 is 0. The van der Waals surface area contributed by atoms with Gasteiger partial charge in [-0.2, -0.15) is 0 Å². The van der Waals surface area contributed by atoms with Crippen molar-refractivity contribution in [1.82, 2.24) is 9.62 Å². The zero-order chi connectivity index (χ0) is 16.8. The molecule has 1 N–H and O–H groups in total. The number of rotatable bonds is 9. The molecule has 0 atom stereocenters. The van der Waals surface area contributed by atoms with Gasteiger partial charge in [0.2, 0.25) is 10.0 Å². The SMILES string of the molecule is CCCCc1ccc(S(=O)(=O)NCC(C)(C)CN(C)C)cc1. The Hall–Kier alpha value is -0.910. The summed E-state index contributed by atoms with van der Waals surface area (Å²) in [5.74, 6) is 0. The predicted molar refractivity (Wildman–Crippen MR) is 92.6 cm³/mol. The molecule has 22 heavy (non-hydrogen) atoms. The van der Waals surface area contributed by atoms with E-state index in [0.29, 0.717) is 11.4 Å². The lowest BCUT2D eigenvalue weighted by Crippen LogP contribution is -2.39. The molecule has 1 aromatic rings. The summed E-state index contributed by atoms with van der Waals surface area (Å²) in [5, 5.41) is 0. The molecule has 0 saturated carbocycles. The fourth-order valence-corrected chi connectivity index (χ4v) is 3.74. The molecular formula is C17H30N2O2S. The number of hydrogen-bond donors (Lipinski definition) is 1. The van der Waals surface area contributed by atoms with Crippen molar-refractivity contribution in [2.45, 2.75) is 44.9 Å². The van der Waals surface area contributed by atoms with Crippen molar-refractivity contribution >= 4 is 10.0 Å². The van der Waals surface area contributed by atoms with Gasteiger partial charge >= 0.3 is 0 Å². The maximum Gasteiger partial charge on any atom is 0.240 e. The maximum absolute atomic E-state index is 12.4. The first-order chi connectivity index (χ1) is 10.2. The van der Waals surface area contributed by atoms with E-state index in [0.717, 1.165) is 25.8 Å². The molecule has 0 radical (unpaired) electrons. The summed E-state index contributed by atoms with van der Waals surface area (Å²) in [4.78, 5) is 2.41. The van der Waals surface area contributed by atoms with Crippen LogP contribution >= 0.6 is 0 Å². The third-order valence-electron chi connectivity index (χ3n) is 3.54. The lowest BCUT2D eigenvalue weighted by atomic mass is 9.93. The van der Waals surface area contributed by atoms with Crippen molar-refractivity contribution in [3.63, 3.8) is 0 Å². The molecule has 0 spiro atoms. The van der Waals surface area contributed by atoms with E-state index in [1.54, 1.807) is 12.1 Å². The minimum absolute atomic E-state index is 0.113. The number of unbranched alkanes of at least 4 members (excludes halogenated alkanes) is 1. The van der Waals surface area contributed by atoms with Crippen LogP contribution in [0.15, 0.2) is 29.2 Å². The number of nitrogens with one attached hydrogen (secondary N) is 1. The highest BCUT2D eigenvalue weighted by Crippen LogP contribution is 2.17. The molecule has 0 fully saturated rings. The third-order valence-corrected chi connectivity index (χ3v) is 4.95. The Balaban J connectivity index is 2.70. The molecule has 0 unspecified atom stereocenters. The van der Waals surface area contributed by atoms with Gasteiger partial charge in [-0.25, -0.2) is 13.1 Å². The zero-order valence-corrected chi connectivity index (χ0v) is 15.3. The molecule has 0 aliphatic heterocycles. The smallest absolute Gasteiger partial charge is 0.240 e. The van der Waals surface area contributed by atoms with Gasteiger partial charge in [0.15, 0.2) is 0 Å². The van der Waals surface area contributed by atoms with Crippen molar-refractivity contribution in [2.75, 3.05) is 27.2 Å². The van der Waals surface area contributed by atoms with E-state index in [1.165, 1.54) is 5.56 Å². The second-order valence-electron chi connectivity index (χ2n) is 6.97. The predicted octanol–water partition coefficient (Wildman–Crippen LogP) is 2.90. The van der Waals surface area contributed by atoms with Gasteiger partial charge in [0, 0.05) is 13.1 Å². The largest absolute Gasteiger partial charge is 0.309 e. The van der Waals surface area contributed by atoms with Crippen LogP contribution in [0.5, 0.6) is 0 Å². The van der Waals surface area contributed by atoms with Crippen molar-refractivity contribution in [1.29, 1.82) is 0 Å². The lowest BCUT2D eigenvalue weighted by molar-refractivity contribution is 0.242. The summed E-state index contributed by atoms with van der Waals surface area (Å²) in [5.41, 5.74) is 1.08. The van der Waals surface area contributed by atoms with Gasteiger partial charge in [-0.15, -0.1) is 0 Å².